The van der Waals surface area contributed by atoms with Crippen molar-refractivity contribution < 1.29 is 24.6 Å². The zero-order valence-corrected chi connectivity index (χ0v) is 20.4. The summed E-state index contributed by atoms with van der Waals surface area (Å²) >= 11 is 0. The quantitative estimate of drug-likeness (QED) is 0.385. The highest BCUT2D eigenvalue weighted by molar-refractivity contribution is 5.79. The number of aldehydes is 1. The van der Waals surface area contributed by atoms with Crippen LogP contribution in [0.25, 0.3) is 0 Å². The van der Waals surface area contributed by atoms with Crippen LogP contribution in [0.15, 0.2) is 24.3 Å². The van der Waals surface area contributed by atoms with Crippen molar-refractivity contribution >= 4 is 12.2 Å². The first-order valence-corrected chi connectivity index (χ1v) is 12.0. The third kappa shape index (κ3) is 6.65. The summed E-state index contributed by atoms with van der Waals surface area (Å²) in [6, 6.07) is 7.05. The molecular weight excluding hydrogens is 434 g/mol. The minimum atomic E-state index is -0.788. The largest absolute Gasteiger partial charge is 0.394 e. The lowest BCUT2D eigenvalue weighted by atomic mass is 9.82. The molecule has 186 valence electrons. The Bertz CT molecular complexity index is 901. The van der Waals surface area contributed by atoms with Gasteiger partial charge < -0.3 is 25.2 Å². The molecule has 0 spiro atoms. The van der Waals surface area contributed by atoms with Gasteiger partial charge in [-0.05, 0) is 51.6 Å². The second-order valence-corrected chi connectivity index (χ2v) is 9.73. The number of hydrogen-bond acceptors (Lipinski definition) is 7. The molecule has 34 heavy (non-hydrogen) atoms. The van der Waals surface area contributed by atoms with Crippen LogP contribution in [0.4, 0.5) is 0 Å². The first kappa shape index (κ1) is 26.3. The van der Waals surface area contributed by atoms with Gasteiger partial charge >= 0.3 is 0 Å². The Hall–Kier alpha value is -2.28. The number of benzene rings is 1. The van der Waals surface area contributed by atoms with Crippen LogP contribution in [0.2, 0.25) is 0 Å². The summed E-state index contributed by atoms with van der Waals surface area (Å²) in [7, 11) is 3.74. The van der Waals surface area contributed by atoms with E-state index < -0.39 is 29.7 Å². The van der Waals surface area contributed by atoms with Crippen molar-refractivity contribution in [2.75, 3.05) is 27.2 Å². The fourth-order valence-electron chi connectivity index (χ4n) is 4.93. The molecule has 0 radical (unpaired) electrons. The number of carbonyl (C=O) groups is 2. The smallest absolute Gasteiger partial charge is 0.235 e. The lowest BCUT2D eigenvalue weighted by Gasteiger charge is -2.34. The third-order valence-electron chi connectivity index (χ3n) is 6.56. The maximum absolute atomic E-state index is 12.5. The lowest BCUT2D eigenvalue weighted by molar-refractivity contribution is -0.177. The Morgan fingerprint density at radius 2 is 2.09 bits per heavy atom. The molecule has 8 nitrogen and oxygen atoms in total. The number of hydroxylamine groups is 2. The summed E-state index contributed by atoms with van der Waals surface area (Å²) in [5.41, 5.74) is 1.20. The average Bonchev–Trinajstić information content (AvgIpc) is 3.15. The van der Waals surface area contributed by atoms with Crippen LogP contribution in [-0.2, 0) is 21.0 Å². The molecule has 1 saturated heterocycles. The van der Waals surface area contributed by atoms with Gasteiger partial charge in [-0.2, -0.15) is 5.06 Å². The molecule has 0 aromatic heterocycles. The molecule has 1 heterocycles. The van der Waals surface area contributed by atoms with Crippen LogP contribution in [0.1, 0.15) is 50.2 Å². The van der Waals surface area contributed by atoms with Gasteiger partial charge in [-0.15, -0.1) is 0 Å². The number of aliphatic hydroxyl groups is 2. The maximum atomic E-state index is 12.5. The fraction of sp³-hybridized carbons (Fsp3) is 0.615. The summed E-state index contributed by atoms with van der Waals surface area (Å²) < 4.78 is 0. The van der Waals surface area contributed by atoms with E-state index in [-0.39, 0.29) is 12.5 Å². The number of likely N-dealkylation sites (N-methyl/N-ethyl adjacent to an activating group) is 1. The van der Waals surface area contributed by atoms with E-state index in [4.69, 9.17) is 4.84 Å². The molecule has 1 aromatic carbocycles. The Morgan fingerprint density at radius 1 is 1.35 bits per heavy atom. The molecule has 2 aliphatic rings. The van der Waals surface area contributed by atoms with E-state index >= 15 is 0 Å². The van der Waals surface area contributed by atoms with Crippen LogP contribution < -0.4 is 5.32 Å². The lowest BCUT2D eigenvalue weighted by Crippen LogP contribution is -2.51. The second-order valence-electron chi connectivity index (χ2n) is 9.73. The van der Waals surface area contributed by atoms with Crippen LogP contribution in [-0.4, -0.2) is 83.4 Å². The van der Waals surface area contributed by atoms with Crippen LogP contribution in [0.5, 0.6) is 0 Å². The summed E-state index contributed by atoms with van der Waals surface area (Å²) in [5.74, 6) is 6.11. The van der Waals surface area contributed by atoms with Crippen molar-refractivity contribution in [1.29, 1.82) is 0 Å². The molecular formula is C26H37N3O5. The molecule has 1 saturated carbocycles. The Balaban J connectivity index is 1.76. The minimum Gasteiger partial charge on any atom is -0.394 e. The molecule has 1 aliphatic carbocycles. The monoisotopic (exact) mass is 471 g/mol. The van der Waals surface area contributed by atoms with Gasteiger partial charge in [0.05, 0.1) is 25.3 Å². The number of rotatable bonds is 8. The molecule has 2 fully saturated rings. The summed E-state index contributed by atoms with van der Waals surface area (Å²) in [6.45, 7) is 1.98. The molecule has 1 aromatic rings. The van der Waals surface area contributed by atoms with Crippen molar-refractivity contribution in [2.24, 2.45) is 5.92 Å². The predicted molar refractivity (Wildman–Crippen MR) is 128 cm³/mol. The molecule has 3 N–H and O–H groups in total. The number of aliphatic hydroxyl groups excluding tert-OH is 2. The van der Waals surface area contributed by atoms with Crippen LogP contribution in [0, 0.1) is 17.8 Å². The van der Waals surface area contributed by atoms with Gasteiger partial charge in [0.25, 0.3) is 0 Å². The van der Waals surface area contributed by atoms with E-state index in [0.29, 0.717) is 13.1 Å². The number of nitrogens with zero attached hydrogens (tertiary/aromatic N) is 2. The number of carbonyl (C=O) groups excluding carboxylic acids is 2. The van der Waals surface area contributed by atoms with E-state index in [2.05, 4.69) is 17.2 Å². The van der Waals surface area contributed by atoms with Crippen molar-refractivity contribution in [1.82, 2.24) is 15.3 Å². The summed E-state index contributed by atoms with van der Waals surface area (Å²) in [6.07, 6.45) is 4.24. The molecule has 1 aliphatic heterocycles. The SMILES string of the molecule is CC(O)C1C(CO)ON(Cc2cccc(C#CC3(NC(=O)CN(C)C)CCCCC3)c2)[C@@H]1C=O. The standard InChI is InChI=1S/C26H37N3O5/c1-19(32)25-22(17-30)29(34-23(25)18-31)15-21-9-7-8-20(14-21)10-13-26(11-5-4-6-12-26)27-24(33)16-28(2)3/h7-9,14,17,19,22-23,25,31-32H,4-6,11-12,15-16,18H2,1-3H3,(H,27,33)/t19?,22-,23?,25?/m1/s1. The van der Waals surface area contributed by atoms with Crippen molar-refractivity contribution in [2.45, 2.75) is 69.4 Å². The van der Waals surface area contributed by atoms with E-state index in [0.717, 1.165) is 49.5 Å². The number of nitrogens with one attached hydrogen (secondary N) is 1. The first-order chi connectivity index (χ1) is 16.3. The van der Waals surface area contributed by atoms with E-state index in [1.165, 1.54) is 5.06 Å². The molecule has 3 rings (SSSR count). The van der Waals surface area contributed by atoms with E-state index in [9.17, 15) is 19.8 Å². The van der Waals surface area contributed by atoms with Gasteiger partial charge in [0.2, 0.25) is 5.91 Å². The minimum absolute atomic E-state index is 0.0212. The van der Waals surface area contributed by atoms with Crippen LogP contribution >= 0.6 is 0 Å². The van der Waals surface area contributed by atoms with Crippen molar-refractivity contribution in [3.05, 3.63) is 35.4 Å². The molecule has 8 heteroatoms. The first-order valence-electron chi connectivity index (χ1n) is 12.0. The van der Waals surface area contributed by atoms with Gasteiger partial charge in [-0.25, -0.2) is 0 Å². The Kier molecular flexibility index (Phi) is 9.23. The predicted octanol–water partition coefficient (Wildman–Crippen LogP) is 1.09. The maximum Gasteiger partial charge on any atom is 0.235 e. The number of amides is 1. The van der Waals surface area contributed by atoms with Gasteiger partial charge in [-0.3, -0.25) is 9.63 Å². The van der Waals surface area contributed by atoms with Crippen molar-refractivity contribution in [3.8, 4) is 11.8 Å². The number of hydrogen-bond donors (Lipinski definition) is 3. The highest BCUT2D eigenvalue weighted by atomic mass is 16.7. The topological polar surface area (TPSA) is 102 Å². The average molecular weight is 472 g/mol. The Labute approximate surface area is 202 Å². The van der Waals surface area contributed by atoms with Gasteiger partial charge in [0.15, 0.2) is 0 Å². The van der Waals surface area contributed by atoms with Gasteiger partial charge in [0.1, 0.15) is 17.9 Å². The molecule has 1 amide bonds. The molecule has 0 bridgehead atoms. The zero-order chi connectivity index (χ0) is 24.7. The highest BCUT2D eigenvalue weighted by Crippen LogP contribution is 2.31. The normalized spacial score (nSPS) is 25.4. The Morgan fingerprint density at radius 3 is 2.71 bits per heavy atom. The second kappa shape index (κ2) is 11.9. The summed E-state index contributed by atoms with van der Waals surface area (Å²) in [4.78, 5) is 31.8. The fourth-order valence-corrected chi connectivity index (χ4v) is 4.93. The third-order valence-corrected chi connectivity index (χ3v) is 6.56. The van der Waals surface area contributed by atoms with Gasteiger partial charge in [0, 0.05) is 18.0 Å². The van der Waals surface area contributed by atoms with E-state index in [1.807, 2.05) is 43.3 Å². The highest BCUT2D eigenvalue weighted by Gasteiger charge is 2.45. The molecule has 3 unspecified atom stereocenters. The molecule has 4 atom stereocenters. The van der Waals surface area contributed by atoms with Crippen LogP contribution in [0.3, 0.4) is 0 Å². The van der Waals surface area contributed by atoms with Crippen molar-refractivity contribution in [3.63, 3.8) is 0 Å². The van der Waals surface area contributed by atoms with Gasteiger partial charge in [-0.1, -0.05) is 43.2 Å². The van der Waals surface area contributed by atoms with E-state index in [1.54, 1.807) is 6.92 Å². The zero-order valence-electron chi connectivity index (χ0n) is 20.4. The summed E-state index contributed by atoms with van der Waals surface area (Å²) in [5, 5.41) is 24.4.